The van der Waals surface area contributed by atoms with E-state index in [1.807, 2.05) is 13.8 Å². The molecule has 0 radical (unpaired) electrons. The molecule has 4 saturated carbocycles. The maximum absolute atomic E-state index is 13.7. The molecule has 1 N–H and O–H groups in total. The molecule has 1 aromatic heterocycles. The number of nitrogens with zero attached hydrogens (tertiary/aromatic N) is 2. The molecule has 2 aromatic rings. The smallest absolute Gasteiger partial charge is 0.273 e. The molecule has 1 amide bonds. The third-order valence-corrected chi connectivity index (χ3v) is 7.31. The lowest BCUT2D eigenvalue weighted by Gasteiger charge is -2.56. The fraction of sp³-hybridized carbons (Fsp3) is 0.609. The highest BCUT2D eigenvalue weighted by Gasteiger charge is 2.51. The van der Waals surface area contributed by atoms with Gasteiger partial charge in [-0.1, -0.05) is 13.8 Å². The summed E-state index contributed by atoms with van der Waals surface area (Å²) in [4.78, 5) is 30.6. The van der Waals surface area contributed by atoms with Gasteiger partial charge in [0.2, 0.25) is 5.91 Å². The van der Waals surface area contributed by atoms with Crippen LogP contribution >= 0.6 is 0 Å². The van der Waals surface area contributed by atoms with Gasteiger partial charge < -0.3 is 0 Å². The van der Waals surface area contributed by atoms with E-state index in [0.717, 1.165) is 37.0 Å². The van der Waals surface area contributed by atoms with Gasteiger partial charge in [0, 0.05) is 12.3 Å². The Morgan fingerprint density at radius 2 is 1.83 bits per heavy atom. The predicted molar refractivity (Wildman–Crippen MR) is 110 cm³/mol. The van der Waals surface area contributed by atoms with E-state index in [2.05, 4.69) is 10.4 Å². The average molecular weight is 397 g/mol. The summed E-state index contributed by atoms with van der Waals surface area (Å²) in [6.45, 7) is 3.86. The van der Waals surface area contributed by atoms with Crippen molar-refractivity contribution >= 4 is 16.8 Å². The second kappa shape index (κ2) is 6.64. The molecule has 0 aliphatic heterocycles. The number of amides is 1. The van der Waals surface area contributed by atoms with Gasteiger partial charge in [0.05, 0.1) is 10.9 Å². The van der Waals surface area contributed by atoms with Gasteiger partial charge in [-0.2, -0.15) is 0 Å². The number of hydrogen-bond acceptors (Lipinski definition) is 3. The molecule has 4 bridgehead atoms. The lowest BCUT2D eigenvalue weighted by atomic mass is 9.49. The number of aromatic nitrogens is 2. The Bertz CT molecular complexity index is 1010. The first-order valence-corrected chi connectivity index (χ1v) is 10.8. The van der Waals surface area contributed by atoms with Crippen molar-refractivity contribution in [1.82, 2.24) is 9.66 Å². The van der Waals surface area contributed by atoms with Gasteiger partial charge in [-0.25, -0.2) is 14.1 Å². The summed E-state index contributed by atoms with van der Waals surface area (Å²) >= 11 is 0. The first-order valence-electron chi connectivity index (χ1n) is 10.8. The number of carbonyl (C=O) groups is 1. The van der Waals surface area contributed by atoms with Crippen LogP contribution in [0.1, 0.15) is 70.5 Å². The quantitative estimate of drug-likeness (QED) is 0.835. The van der Waals surface area contributed by atoms with Crippen molar-refractivity contribution in [3.63, 3.8) is 0 Å². The molecule has 154 valence electrons. The van der Waals surface area contributed by atoms with E-state index in [9.17, 15) is 14.0 Å². The number of nitrogens with one attached hydrogen (secondary N) is 1. The number of hydrogen-bond donors (Lipinski definition) is 1. The van der Waals surface area contributed by atoms with E-state index in [0.29, 0.717) is 17.8 Å². The molecule has 1 heterocycles. The fourth-order valence-corrected chi connectivity index (χ4v) is 6.68. The number of carbonyl (C=O) groups excluding carboxylic acids is 1. The SMILES string of the molecule is CC(C)c1nc2ccc(F)cc2c(=O)n1NC(=O)CC12CC3CC(CC(C3)C1)C2. The van der Waals surface area contributed by atoms with Crippen LogP contribution in [0, 0.1) is 29.0 Å². The maximum atomic E-state index is 13.7. The lowest BCUT2D eigenvalue weighted by molar-refractivity contribution is -0.125. The maximum Gasteiger partial charge on any atom is 0.280 e. The van der Waals surface area contributed by atoms with E-state index < -0.39 is 11.4 Å². The van der Waals surface area contributed by atoms with Gasteiger partial charge in [-0.3, -0.25) is 15.0 Å². The predicted octanol–water partition coefficient (Wildman–Crippen LogP) is 4.34. The lowest BCUT2D eigenvalue weighted by Crippen LogP contribution is -2.48. The Hall–Kier alpha value is -2.24. The van der Waals surface area contributed by atoms with Gasteiger partial charge in [-0.05, 0) is 79.9 Å². The first kappa shape index (κ1) is 18.8. The van der Waals surface area contributed by atoms with Crippen LogP contribution in [0.5, 0.6) is 0 Å². The molecular weight excluding hydrogens is 369 g/mol. The van der Waals surface area contributed by atoms with E-state index >= 15 is 0 Å². The van der Waals surface area contributed by atoms with Gasteiger partial charge in [0.15, 0.2) is 0 Å². The number of fused-ring (bicyclic) bond motifs is 1. The zero-order valence-electron chi connectivity index (χ0n) is 17.1. The number of benzene rings is 1. The second-order valence-electron chi connectivity index (χ2n) is 10.1. The molecule has 6 rings (SSSR count). The minimum atomic E-state index is -0.486. The highest BCUT2D eigenvalue weighted by atomic mass is 19.1. The molecule has 0 atom stereocenters. The van der Waals surface area contributed by atoms with E-state index in [4.69, 9.17) is 0 Å². The number of rotatable bonds is 4. The number of halogens is 1. The third kappa shape index (κ3) is 3.26. The highest BCUT2D eigenvalue weighted by molar-refractivity contribution is 5.85. The van der Waals surface area contributed by atoms with Gasteiger partial charge in [-0.15, -0.1) is 0 Å². The van der Waals surface area contributed by atoms with Crippen LogP contribution < -0.4 is 11.0 Å². The summed E-state index contributed by atoms with van der Waals surface area (Å²) in [5.41, 5.74) is 2.95. The molecule has 0 saturated heterocycles. The Balaban J connectivity index is 1.45. The molecule has 5 nitrogen and oxygen atoms in total. The first-order chi connectivity index (χ1) is 13.8. The monoisotopic (exact) mass is 397 g/mol. The molecule has 4 fully saturated rings. The largest absolute Gasteiger partial charge is 0.280 e. The minimum Gasteiger partial charge on any atom is -0.273 e. The van der Waals surface area contributed by atoms with Crippen molar-refractivity contribution in [1.29, 1.82) is 0 Å². The van der Waals surface area contributed by atoms with Crippen LogP contribution in [-0.2, 0) is 4.79 Å². The average Bonchev–Trinajstić information content (AvgIpc) is 2.62. The van der Waals surface area contributed by atoms with Crippen LogP contribution in [0.3, 0.4) is 0 Å². The third-order valence-electron chi connectivity index (χ3n) is 7.31. The fourth-order valence-electron chi connectivity index (χ4n) is 6.68. The van der Waals surface area contributed by atoms with Crippen molar-refractivity contribution < 1.29 is 9.18 Å². The second-order valence-corrected chi connectivity index (χ2v) is 10.1. The molecule has 0 spiro atoms. The Morgan fingerprint density at radius 3 is 2.41 bits per heavy atom. The summed E-state index contributed by atoms with van der Waals surface area (Å²) in [6.07, 6.45) is 7.87. The van der Waals surface area contributed by atoms with Crippen LogP contribution in [0.2, 0.25) is 0 Å². The highest BCUT2D eigenvalue weighted by Crippen LogP contribution is 2.61. The van der Waals surface area contributed by atoms with Gasteiger partial charge in [0.25, 0.3) is 5.56 Å². The molecule has 4 aliphatic carbocycles. The van der Waals surface area contributed by atoms with Crippen LogP contribution in [-0.4, -0.2) is 15.6 Å². The summed E-state index contributed by atoms with van der Waals surface area (Å²) in [5.74, 6) is 2.13. The van der Waals surface area contributed by atoms with Crippen molar-refractivity contribution in [2.24, 2.45) is 23.2 Å². The molecule has 4 aliphatic rings. The van der Waals surface area contributed by atoms with Crippen LogP contribution in [0.15, 0.2) is 23.0 Å². The summed E-state index contributed by atoms with van der Waals surface area (Å²) in [6, 6.07) is 4.00. The Kier molecular flexibility index (Phi) is 4.30. The van der Waals surface area contributed by atoms with Crippen molar-refractivity contribution in [3.05, 3.63) is 40.2 Å². The topological polar surface area (TPSA) is 64.0 Å². The standard InChI is InChI=1S/C23H28FN3O2/c1-13(2)21-25-19-4-3-17(24)8-18(19)22(29)27(21)26-20(28)12-23-9-14-5-15(10-23)7-16(6-14)11-23/h3-4,8,13-16H,5-7,9-12H2,1-2H3,(H,26,28). The Labute approximate surface area is 169 Å². The van der Waals surface area contributed by atoms with Gasteiger partial charge in [0.1, 0.15) is 11.6 Å². The minimum absolute atomic E-state index is 0.0583. The van der Waals surface area contributed by atoms with Crippen LogP contribution in [0.4, 0.5) is 4.39 Å². The van der Waals surface area contributed by atoms with Gasteiger partial charge >= 0.3 is 0 Å². The zero-order chi connectivity index (χ0) is 20.3. The van der Waals surface area contributed by atoms with Crippen molar-refractivity contribution in [2.75, 3.05) is 5.43 Å². The normalized spacial score (nSPS) is 30.3. The molecular formula is C23H28FN3O2. The summed E-state index contributed by atoms with van der Waals surface area (Å²) in [7, 11) is 0. The van der Waals surface area contributed by atoms with Crippen molar-refractivity contribution in [2.45, 2.75) is 64.7 Å². The van der Waals surface area contributed by atoms with Crippen molar-refractivity contribution in [3.8, 4) is 0 Å². The zero-order valence-corrected chi connectivity index (χ0v) is 17.1. The molecule has 29 heavy (non-hydrogen) atoms. The Morgan fingerprint density at radius 1 is 1.21 bits per heavy atom. The van der Waals surface area contributed by atoms with Crippen LogP contribution in [0.25, 0.3) is 10.9 Å². The summed E-state index contributed by atoms with van der Waals surface area (Å²) in [5, 5.41) is 0.185. The van der Waals surface area contributed by atoms with E-state index in [1.165, 1.54) is 42.1 Å². The van der Waals surface area contributed by atoms with E-state index in [-0.39, 0.29) is 22.6 Å². The summed E-state index contributed by atoms with van der Waals surface area (Å²) < 4.78 is 14.9. The van der Waals surface area contributed by atoms with E-state index in [1.54, 1.807) is 0 Å². The molecule has 6 heteroatoms. The molecule has 1 aromatic carbocycles. The molecule has 0 unspecified atom stereocenters.